The normalized spacial score (nSPS) is 9.21. The maximum atomic E-state index is 10.7. The lowest BCUT2D eigenvalue weighted by Gasteiger charge is -1.99. The van der Waals surface area contributed by atoms with E-state index in [4.69, 9.17) is 5.11 Å². The first-order valence-electron chi connectivity index (χ1n) is 3.86. The molecule has 0 spiro atoms. The highest BCUT2D eigenvalue weighted by Gasteiger charge is 2.13. The number of carbonyl (C=O) groups excluding carboxylic acids is 3. The second kappa shape index (κ2) is 5.85. The van der Waals surface area contributed by atoms with E-state index in [0.29, 0.717) is 0 Å². The Morgan fingerprint density at radius 1 is 1.07 bits per heavy atom. The van der Waals surface area contributed by atoms with Gasteiger partial charge in [-0.05, 0) is 6.92 Å². The minimum Gasteiger partial charge on any atom is -0.481 e. The van der Waals surface area contributed by atoms with Crippen molar-refractivity contribution in [3.8, 4) is 0 Å². The lowest BCUT2D eigenvalue weighted by Crippen LogP contribution is -2.15. The molecule has 0 radical (unpaired) electrons. The molecular weight excluding hydrogens is 192 g/mol. The van der Waals surface area contributed by atoms with Crippen molar-refractivity contribution in [2.75, 3.05) is 0 Å². The van der Waals surface area contributed by atoms with Crippen molar-refractivity contribution in [2.45, 2.75) is 26.2 Å². The highest BCUT2D eigenvalue weighted by molar-refractivity contribution is 5.98. The summed E-state index contributed by atoms with van der Waals surface area (Å²) < 4.78 is 4.15. The van der Waals surface area contributed by atoms with Gasteiger partial charge in [0.1, 0.15) is 12.2 Å². The minimum absolute atomic E-state index is 0.376. The van der Waals surface area contributed by atoms with Crippen LogP contribution < -0.4 is 0 Å². The Kier molecular flexibility index (Phi) is 5.13. The third kappa shape index (κ3) is 6.96. The van der Waals surface area contributed by atoms with Gasteiger partial charge < -0.3 is 9.84 Å². The molecule has 14 heavy (non-hydrogen) atoms. The second-order valence-corrected chi connectivity index (χ2v) is 2.62. The van der Waals surface area contributed by atoms with Crippen molar-refractivity contribution >= 4 is 23.7 Å². The van der Waals surface area contributed by atoms with E-state index in [9.17, 15) is 19.2 Å². The van der Waals surface area contributed by atoms with E-state index in [2.05, 4.69) is 4.74 Å². The topological polar surface area (TPSA) is 97.7 Å². The molecular formula is C8H10O6. The molecule has 0 aromatic carbocycles. The summed E-state index contributed by atoms with van der Waals surface area (Å²) in [7, 11) is 0. The van der Waals surface area contributed by atoms with Gasteiger partial charge in [-0.15, -0.1) is 0 Å². The van der Waals surface area contributed by atoms with Crippen LogP contribution in [0.4, 0.5) is 0 Å². The van der Waals surface area contributed by atoms with Gasteiger partial charge in [-0.1, -0.05) is 0 Å². The highest BCUT2D eigenvalue weighted by atomic mass is 16.6. The van der Waals surface area contributed by atoms with Crippen LogP contribution in [0.15, 0.2) is 0 Å². The smallest absolute Gasteiger partial charge is 0.320 e. The molecule has 6 nitrogen and oxygen atoms in total. The number of Topliss-reactive ketones (excluding diaryl/α,β-unsaturated/α-hetero) is 1. The van der Waals surface area contributed by atoms with Crippen LogP contribution in [0.1, 0.15) is 26.2 Å². The van der Waals surface area contributed by atoms with E-state index < -0.39 is 36.5 Å². The molecule has 0 bridgehead atoms. The Balaban J connectivity index is 3.77. The van der Waals surface area contributed by atoms with Crippen molar-refractivity contribution in [3.63, 3.8) is 0 Å². The molecule has 0 aliphatic rings. The molecule has 0 unspecified atom stereocenters. The van der Waals surface area contributed by atoms with Gasteiger partial charge in [0.05, 0.1) is 12.8 Å². The fourth-order valence-electron chi connectivity index (χ4n) is 0.626. The Morgan fingerprint density at radius 3 is 2.07 bits per heavy atom. The monoisotopic (exact) mass is 202 g/mol. The number of carboxylic acid groups (broad SMARTS) is 1. The zero-order chi connectivity index (χ0) is 11.1. The molecule has 0 rings (SSSR count). The first-order chi connectivity index (χ1) is 6.41. The van der Waals surface area contributed by atoms with Gasteiger partial charge in [-0.25, -0.2) is 0 Å². The van der Waals surface area contributed by atoms with Crippen LogP contribution in [0.25, 0.3) is 0 Å². The Labute approximate surface area is 79.8 Å². The SMILES string of the molecule is CC(=O)CC(=O)OC(=O)CCC(=O)O. The average molecular weight is 202 g/mol. The third-order valence-corrected chi connectivity index (χ3v) is 1.16. The lowest BCUT2D eigenvalue weighted by atomic mass is 10.3. The first-order valence-corrected chi connectivity index (χ1v) is 3.86. The number of hydrogen-bond donors (Lipinski definition) is 1. The quantitative estimate of drug-likeness (QED) is 0.493. The third-order valence-electron chi connectivity index (χ3n) is 1.16. The van der Waals surface area contributed by atoms with E-state index in [1.165, 1.54) is 6.92 Å². The number of hydrogen-bond acceptors (Lipinski definition) is 5. The molecule has 0 saturated carbocycles. The summed E-state index contributed by atoms with van der Waals surface area (Å²) in [5.41, 5.74) is 0. The number of esters is 2. The minimum atomic E-state index is -1.15. The fraction of sp³-hybridized carbons (Fsp3) is 0.500. The number of ether oxygens (including phenoxy) is 1. The van der Waals surface area contributed by atoms with Crippen molar-refractivity contribution in [1.29, 1.82) is 0 Å². The van der Waals surface area contributed by atoms with Crippen LogP contribution in [-0.4, -0.2) is 28.8 Å². The lowest BCUT2D eigenvalue weighted by molar-refractivity contribution is -0.161. The molecule has 6 heteroatoms. The summed E-state index contributed by atoms with van der Waals surface area (Å²) >= 11 is 0. The molecule has 0 aromatic heterocycles. The summed E-state index contributed by atoms with van der Waals surface area (Å²) in [5, 5.41) is 8.20. The molecule has 78 valence electrons. The molecule has 0 aliphatic heterocycles. The van der Waals surface area contributed by atoms with E-state index in [1.807, 2.05) is 0 Å². The van der Waals surface area contributed by atoms with Crippen molar-refractivity contribution < 1.29 is 29.0 Å². The van der Waals surface area contributed by atoms with Gasteiger partial charge in [0, 0.05) is 0 Å². The van der Waals surface area contributed by atoms with Crippen molar-refractivity contribution in [3.05, 3.63) is 0 Å². The van der Waals surface area contributed by atoms with E-state index in [0.717, 1.165) is 0 Å². The van der Waals surface area contributed by atoms with Crippen LogP contribution in [0, 0.1) is 0 Å². The Hall–Kier alpha value is -1.72. The molecule has 0 saturated heterocycles. The van der Waals surface area contributed by atoms with Crippen LogP contribution in [0.5, 0.6) is 0 Å². The molecule has 0 aliphatic carbocycles. The molecule has 0 heterocycles. The second-order valence-electron chi connectivity index (χ2n) is 2.62. The summed E-state index contributed by atoms with van der Waals surface area (Å²) in [6, 6.07) is 0. The molecule has 0 aromatic rings. The number of ketones is 1. The summed E-state index contributed by atoms with van der Waals surface area (Å²) in [6.07, 6.45) is -1.25. The average Bonchev–Trinajstić information content (AvgIpc) is 1.98. The zero-order valence-electron chi connectivity index (χ0n) is 7.61. The molecule has 1 N–H and O–H groups in total. The van der Waals surface area contributed by atoms with Crippen molar-refractivity contribution in [1.82, 2.24) is 0 Å². The predicted molar refractivity (Wildman–Crippen MR) is 43.3 cm³/mol. The standard InChI is InChI=1S/C8H10O6/c1-5(9)4-8(13)14-7(12)3-2-6(10)11/h2-4H2,1H3,(H,10,11). The number of rotatable bonds is 5. The predicted octanol–water partition coefficient (Wildman–Crippen LogP) is -0.0999. The maximum Gasteiger partial charge on any atom is 0.320 e. The number of aliphatic carboxylic acids is 1. The Bertz CT molecular complexity index is 267. The first kappa shape index (κ1) is 12.3. The maximum absolute atomic E-state index is 10.7. The van der Waals surface area contributed by atoms with Crippen molar-refractivity contribution in [2.24, 2.45) is 0 Å². The van der Waals surface area contributed by atoms with E-state index in [-0.39, 0.29) is 6.42 Å². The van der Waals surface area contributed by atoms with E-state index in [1.54, 1.807) is 0 Å². The van der Waals surface area contributed by atoms with Gasteiger partial charge in [-0.3, -0.25) is 19.2 Å². The Morgan fingerprint density at radius 2 is 1.64 bits per heavy atom. The molecule has 0 amide bonds. The van der Waals surface area contributed by atoms with E-state index >= 15 is 0 Å². The number of carboxylic acids is 1. The van der Waals surface area contributed by atoms with Crippen LogP contribution in [0.3, 0.4) is 0 Å². The summed E-state index contributed by atoms with van der Waals surface area (Å²) in [6.45, 7) is 1.18. The molecule has 0 fully saturated rings. The van der Waals surface area contributed by atoms with Gasteiger partial charge in [0.25, 0.3) is 0 Å². The van der Waals surface area contributed by atoms with Gasteiger partial charge in [0.2, 0.25) is 0 Å². The largest absolute Gasteiger partial charge is 0.481 e. The fourth-order valence-corrected chi connectivity index (χ4v) is 0.626. The highest BCUT2D eigenvalue weighted by Crippen LogP contribution is 1.95. The number of carbonyl (C=O) groups is 4. The summed E-state index contributed by atoms with van der Waals surface area (Å²) in [5.74, 6) is -3.45. The van der Waals surface area contributed by atoms with Crippen LogP contribution in [-0.2, 0) is 23.9 Å². The van der Waals surface area contributed by atoms with Crippen LogP contribution in [0.2, 0.25) is 0 Å². The summed E-state index contributed by atoms with van der Waals surface area (Å²) in [4.78, 5) is 41.8. The van der Waals surface area contributed by atoms with Crippen LogP contribution >= 0.6 is 0 Å². The van der Waals surface area contributed by atoms with Gasteiger partial charge >= 0.3 is 17.9 Å². The van der Waals surface area contributed by atoms with Gasteiger partial charge in [-0.2, -0.15) is 0 Å². The zero-order valence-corrected chi connectivity index (χ0v) is 7.61. The molecule has 0 atom stereocenters. The van der Waals surface area contributed by atoms with Gasteiger partial charge in [0.15, 0.2) is 0 Å².